The van der Waals surface area contributed by atoms with Crippen molar-refractivity contribution >= 4 is 43.2 Å². The molecule has 0 saturated heterocycles. The fraction of sp³-hybridized carbons (Fsp3) is 0.636. The van der Waals surface area contributed by atoms with Crippen molar-refractivity contribution in [1.82, 2.24) is 0 Å². The first-order valence-electron chi connectivity index (χ1n) is 5.45. The topological polar surface area (TPSA) is 26.0 Å². The van der Waals surface area contributed by atoms with Crippen LogP contribution in [0.1, 0.15) is 36.6 Å². The van der Waals surface area contributed by atoms with E-state index in [4.69, 9.17) is 5.73 Å². The molecule has 2 atom stereocenters. The fourth-order valence-electron chi connectivity index (χ4n) is 2.26. The molecule has 2 unspecified atom stereocenters. The second kappa shape index (κ2) is 5.23. The van der Waals surface area contributed by atoms with E-state index in [0.29, 0.717) is 12.8 Å². The molecule has 0 aliphatic heterocycles. The minimum absolute atomic E-state index is 0.00554. The summed E-state index contributed by atoms with van der Waals surface area (Å²) in [4.78, 5) is 1.04. The Bertz CT molecular complexity index is 389. The predicted molar refractivity (Wildman–Crippen MR) is 73.6 cm³/mol. The quantitative estimate of drug-likeness (QED) is 0.765. The lowest BCUT2D eigenvalue weighted by molar-refractivity contribution is 0.00448. The smallest absolute Gasteiger partial charge is 0.248 e. The third kappa shape index (κ3) is 3.49. The molecule has 1 aliphatic carbocycles. The zero-order valence-corrected chi connectivity index (χ0v) is 13.0. The molecule has 1 saturated carbocycles. The summed E-state index contributed by atoms with van der Waals surface area (Å²) in [6.07, 6.45) is 1.25. The van der Waals surface area contributed by atoms with Gasteiger partial charge in [-0.3, -0.25) is 0 Å². The Labute approximate surface area is 120 Å². The molecule has 1 nitrogen and oxygen atoms in total. The minimum atomic E-state index is -2.47. The van der Waals surface area contributed by atoms with Crippen LogP contribution < -0.4 is 5.73 Å². The molecule has 1 aliphatic rings. The third-order valence-corrected chi connectivity index (χ3v) is 6.51. The molecule has 0 aromatic carbocycles. The van der Waals surface area contributed by atoms with E-state index in [1.807, 2.05) is 6.07 Å². The summed E-state index contributed by atoms with van der Waals surface area (Å²) < 4.78 is 28.1. The van der Waals surface area contributed by atoms with Gasteiger partial charge in [0.25, 0.3) is 0 Å². The summed E-state index contributed by atoms with van der Waals surface area (Å²) >= 11 is 8.38. The van der Waals surface area contributed by atoms with Gasteiger partial charge < -0.3 is 5.73 Å². The van der Waals surface area contributed by atoms with Crippen LogP contribution in [0.15, 0.2) is 14.3 Å². The molecular formula is C11H13Br2F2NS. The Morgan fingerprint density at radius 1 is 1.53 bits per heavy atom. The van der Waals surface area contributed by atoms with Crippen LogP contribution in [0.4, 0.5) is 8.78 Å². The monoisotopic (exact) mass is 387 g/mol. The van der Waals surface area contributed by atoms with Crippen molar-refractivity contribution in [3.63, 3.8) is 0 Å². The molecule has 0 bridgehead atoms. The molecule has 1 aromatic rings. The molecule has 1 fully saturated rings. The van der Waals surface area contributed by atoms with E-state index in [9.17, 15) is 8.78 Å². The lowest BCUT2D eigenvalue weighted by atomic mass is 9.98. The van der Waals surface area contributed by atoms with E-state index < -0.39 is 5.92 Å². The molecule has 2 rings (SSSR count). The number of hydrogen-bond donors (Lipinski definition) is 1. The lowest BCUT2D eigenvalue weighted by Crippen LogP contribution is -2.15. The van der Waals surface area contributed by atoms with Crippen LogP contribution in [-0.4, -0.2) is 5.92 Å². The standard InChI is InChI=1S/C11H13Br2F2NS/c12-7-4-9(17-10(7)13)8(16)3-6-1-2-11(14,15)5-6/h4,6,8H,1-3,5,16H2. The first-order chi connectivity index (χ1) is 7.87. The molecule has 2 N–H and O–H groups in total. The van der Waals surface area contributed by atoms with E-state index >= 15 is 0 Å². The highest BCUT2D eigenvalue weighted by atomic mass is 79.9. The van der Waals surface area contributed by atoms with Crippen molar-refractivity contribution in [3.05, 3.63) is 19.2 Å². The van der Waals surface area contributed by atoms with Crippen LogP contribution >= 0.6 is 43.2 Å². The molecule has 1 heterocycles. The maximum Gasteiger partial charge on any atom is 0.248 e. The summed E-state index contributed by atoms with van der Waals surface area (Å²) in [5.41, 5.74) is 6.07. The highest BCUT2D eigenvalue weighted by Gasteiger charge is 2.39. The Balaban J connectivity index is 1.96. The number of hydrogen-bond acceptors (Lipinski definition) is 2. The summed E-state index contributed by atoms with van der Waals surface area (Å²) in [6, 6.07) is 1.83. The van der Waals surface area contributed by atoms with Gasteiger partial charge in [-0.15, -0.1) is 11.3 Å². The van der Waals surface area contributed by atoms with Gasteiger partial charge >= 0.3 is 0 Å². The second-order valence-corrected chi connectivity index (χ2v) is 7.83. The zero-order valence-electron chi connectivity index (χ0n) is 9.06. The lowest BCUT2D eigenvalue weighted by Gasteiger charge is -2.15. The average molecular weight is 389 g/mol. The number of halogens is 4. The number of thiophene rings is 1. The number of rotatable bonds is 3. The Hall–Kier alpha value is 0.480. The van der Waals surface area contributed by atoms with Gasteiger partial charge in [-0.2, -0.15) is 0 Å². The molecule has 96 valence electrons. The van der Waals surface area contributed by atoms with Gasteiger partial charge in [0.1, 0.15) is 0 Å². The van der Waals surface area contributed by atoms with Gasteiger partial charge in [0.15, 0.2) is 0 Å². The molecule has 1 aromatic heterocycles. The summed E-state index contributed by atoms with van der Waals surface area (Å²) in [5.74, 6) is -2.42. The maximum absolute atomic E-state index is 13.1. The van der Waals surface area contributed by atoms with Gasteiger partial charge in [-0.25, -0.2) is 8.78 Å². The SMILES string of the molecule is NC(CC1CCC(F)(F)C1)c1cc(Br)c(Br)s1. The average Bonchev–Trinajstić information content (AvgIpc) is 2.71. The van der Waals surface area contributed by atoms with Gasteiger partial charge in [0.05, 0.1) is 3.79 Å². The summed E-state index contributed by atoms with van der Waals surface area (Å²) in [5, 5.41) is 0. The molecule has 6 heteroatoms. The van der Waals surface area contributed by atoms with Gasteiger partial charge in [-0.1, -0.05) is 0 Å². The van der Waals surface area contributed by atoms with Crippen LogP contribution in [0.3, 0.4) is 0 Å². The molecule has 0 spiro atoms. The summed E-state index contributed by atoms with van der Waals surface area (Å²) in [7, 11) is 0. The van der Waals surface area contributed by atoms with E-state index in [2.05, 4.69) is 31.9 Å². The van der Waals surface area contributed by atoms with Crippen molar-refractivity contribution < 1.29 is 8.78 Å². The largest absolute Gasteiger partial charge is 0.323 e. The van der Waals surface area contributed by atoms with E-state index in [-0.39, 0.29) is 24.8 Å². The van der Waals surface area contributed by atoms with Crippen LogP contribution in [0.25, 0.3) is 0 Å². The van der Waals surface area contributed by atoms with Crippen LogP contribution in [0, 0.1) is 5.92 Å². The normalized spacial score (nSPS) is 25.1. The molecule has 0 radical (unpaired) electrons. The maximum atomic E-state index is 13.1. The van der Waals surface area contributed by atoms with Gasteiger partial charge in [0.2, 0.25) is 5.92 Å². The highest BCUT2D eigenvalue weighted by molar-refractivity contribution is 9.13. The zero-order chi connectivity index (χ0) is 12.6. The molecule has 17 heavy (non-hydrogen) atoms. The van der Waals surface area contributed by atoms with Gasteiger partial charge in [0, 0.05) is 28.2 Å². The van der Waals surface area contributed by atoms with Crippen LogP contribution in [0.5, 0.6) is 0 Å². The van der Waals surface area contributed by atoms with Crippen LogP contribution in [0.2, 0.25) is 0 Å². The first kappa shape index (κ1) is 13.9. The first-order valence-corrected chi connectivity index (χ1v) is 7.86. The van der Waals surface area contributed by atoms with Crippen molar-refractivity contribution in [2.24, 2.45) is 11.7 Å². The van der Waals surface area contributed by atoms with Crippen LogP contribution in [-0.2, 0) is 0 Å². The van der Waals surface area contributed by atoms with Crippen molar-refractivity contribution in [1.29, 1.82) is 0 Å². The van der Waals surface area contributed by atoms with E-state index in [1.54, 1.807) is 11.3 Å². The van der Waals surface area contributed by atoms with Crippen molar-refractivity contribution in [3.8, 4) is 0 Å². The van der Waals surface area contributed by atoms with E-state index in [1.165, 1.54) is 0 Å². The number of alkyl halides is 2. The van der Waals surface area contributed by atoms with Crippen molar-refractivity contribution in [2.75, 3.05) is 0 Å². The second-order valence-electron chi connectivity index (χ2n) is 4.58. The van der Waals surface area contributed by atoms with Crippen molar-refractivity contribution in [2.45, 2.75) is 37.6 Å². The Kier molecular flexibility index (Phi) is 4.28. The fourth-order valence-corrected chi connectivity index (χ4v) is 4.37. The Morgan fingerprint density at radius 2 is 2.24 bits per heavy atom. The molecule has 0 amide bonds. The minimum Gasteiger partial charge on any atom is -0.323 e. The predicted octanol–water partition coefficient (Wildman–Crippen LogP) is 5.10. The van der Waals surface area contributed by atoms with E-state index in [0.717, 1.165) is 13.1 Å². The Morgan fingerprint density at radius 3 is 2.71 bits per heavy atom. The number of nitrogens with two attached hydrogens (primary N) is 1. The molecular weight excluding hydrogens is 376 g/mol. The third-order valence-electron chi connectivity index (χ3n) is 3.12. The van der Waals surface area contributed by atoms with Gasteiger partial charge in [-0.05, 0) is 56.7 Å². The highest BCUT2D eigenvalue weighted by Crippen LogP contribution is 2.43. The summed E-state index contributed by atoms with van der Waals surface area (Å²) in [6.45, 7) is 0.